The number of hydrogen-bond acceptors (Lipinski definition) is 4. The van der Waals surface area contributed by atoms with Crippen molar-refractivity contribution in [1.29, 1.82) is 0 Å². The summed E-state index contributed by atoms with van der Waals surface area (Å²) in [5.74, 6) is 4.00. The summed E-state index contributed by atoms with van der Waals surface area (Å²) in [5.41, 5.74) is 6.84. The van der Waals surface area contributed by atoms with E-state index in [9.17, 15) is 0 Å². The highest BCUT2D eigenvalue weighted by Crippen LogP contribution is 2.38. The molecule has 2 N–H and O–H groups in total. The summed E-state index contributed by atoms with van der Waals surface area (Å²) in [7, 11) is 2.08. The van der Waals surface area contributed by atoms with E-state index < -0.39 is 0 Å². The second-order valence-corrected chi connectivity index (χ2v) is 4.96. The Morgan fingerprint density at radius 1 is 1.38 bits per heavy atom. The van der Waals surface area contributed by atoms with Gasteiger partial charge in [-0.2, -0.15) is 0 Å². The fourth-order valence-corrected chi connectivity index (χ4v) is 2.10. The number of nitrogens with two attached hydrogens (primary N) is 1. The number of nitrogens with zero attached hydrogens (tertiary/aromatic N) is 3. The predicted molar refractivity (Wildman–Crippen MR) is 66.5 cm³/mol. The molecule has 1 heterocycles. The third-order valence-corrected chi connectivity index (χ3v) is 3.42. The molecule has 0 radical (unpaired) electrons. The van der Waals surface area contributed by atoms with Crippen molar-refractivity contribution < 1.29 is 0 Å². The van der Waals surface area contributed by atoms with Crippen LogP contribution >= 0.6 is 0 Å². The molecule has 0 bridgehead atoms. The van der Waals surface area contributed by atoms with E-state index in [1.165, 1.54) is 6.42 Å². The zero-order valence-electron chi connectivity index (χ0n) is 10.5. The van der Waals surface area contributed by atoms with E-state index in [0.717, 1.165) is 35.6 Å². The number of anilines is 2. The highest BCUT2D eigenvalue weighted by Gasteiger charge is 2.33. The molecule has 1 aliphatic carbocycles. The van der Waals surface area contributed by atoms with Gasteiger partial charge in [0.1, 0.15) is 17.5 Å². The third-order valence-electron chi connectivity index (χ3n) is 3.42. The first-order chi connectivity index (χ1) is 7.49. The highest BCUT2D eigenvalue weighted by atomic mass is 15.2. The van der Waals surface area contributed by atoms with Crippen LogP contribution in [0.25, 0.3) is 0 Å². The lowest BCUT2D eigenvalue weighted by Gasteiger charge is -2.21. The molecule has 1 aliphatic rings. The van der Waals surface area contributed by atoms with Crippen LogP contribution in [0, 0.1) is 25.7 Å². The molecule has 1 saturated carbocycles. The van der Waals surface area contributed by atoms with Crippen molar-refractivity contribution in [3.05, 3.63) is 11.4 Å². The molecule has 16 heavy (non-hydrogen) atoms. The van der Waals surface area contributed by atoms with E-state index in [2.05, 4.69) is 28.8 Å². The minimum absolute atomic E-state index is 0.596. The standard InChI is InChI=1S/C12H20N4/c1-7-5-10(7)6-16(4)12-8(2)11(13)14-9(3)15-12/h7,10H,5-6H2,1-4H3,(H2,13,14,15). The summed E-state index contributed by atoms with van der Waals surface area (Å²) >= 11 is 0. The Kier molecular flexibility index (Phi) is 2.74. The van der Waals surface area contributed by atoms with Crippen molar-refractivity contribution in [1.82, 2.24) is 9.97 Å². The van der Waals surface area contributed by atoms with Crippen LogP contribution in [-0.2, 0) is 0 Å². The molecule has 4 heteroatoms. The van der Waals surface area contributed by atoms with E-state index in [0.29, 0.717) is 5.82 Å². The quantitative estimate of drug-likeness (QED) is 0.843. The first-order valence-corrected chi connectivity index (χ1v) is 5.81. The molecule has 0 spiro atoms. The van der Waals surface area contributed by atoms with Crippen molar-refractivity contribution in [2.45, 2.75) is 27.2 Å². The Morgan fingerprint density at radius 2 is 2.00 bits per heavy atom. The van der Waals surface area contributed by atoms with Crippen LogP contribution in [0.4, 0.5) is 11.6 Å². The van der Waals surface area contributed by atoms with Crippen LogP contribution in [0.2, 0.25) is 0 Å². The van der Waals surface area contributed by atoms with E-state index in [-0.39, 0.29) is 0 Å². The van der Waals surface area contributed by atoms with Gasteiger partial charge >= 0.3 is 0 Å². The van der Waals surface area contributed by atoms with Crippen molar-refractivity contribution in [2.24, 2.45) is 11.8 Å². The maximum absolute atomic E-state index is 5.86. The van der Waals surface area contributed by atoms with Crippen LogP contribution < -0.4 is 10.6 Å². The molecule has 2 rings (SSSR count). The van der Waals surface area contributed by atoms with Gasteiger partial charge in [0.15, 0.2) is 0 Å². The molecule has 0 saturated heterocycles. The molecule has 88 valence electrons. The molecule has 4 nitrogen and oxygen atoms in total. The second-order valence-electron chi connectivity index (χ2n) is 4.96. The van der Waals surface area contributed by atoms with Gasteiger partial charge in [0.2, 0.25) is 0 Å². The van der Waals surface area contributed by atoms with E-state index >= 15 is 0 Å². The second kappa shape index (κ2) is 3.92. The maximum atomic E-state index is 5.86. The van der Waals surface area contributed by atoms with E-state index in [1.807, 2.05) is 13.8 Å². The summed E-state index contributed by atoms with van der Waals surface area (Å²) in [5, 5.41) is 0. The zero-order valence-corrected chi connectivity index (χ0v) is 10.5. The Labute approximate surface area is 96.9 Å². The Morgan fingerprint density at radius 3 is 2.56 bits per heavy atom. The lowest BCUT2D eigenvalue weighted by Crippen LogP contribution is -2.23. The zero-order chi connectivity index (χ0) is 11.9. The molecule has 2 atom stereocenters. The van der Waals surface area contributed by atoms with Gasteiger partial charge in [0.25, 0.3) is 0 Å². The van der Waals surface area contributed by atoms with Gasteiger partial charge in [-0.15, -0.1) is 0 Å². The largest absolute Gasteiger partial charge is 0.383 e. The van der Waals surface area contributed by atoms with Crippen molar-refractivity contribution >= 4 is 11.6 Å². The van der Waals surface area contributed by atoms with Gasteiger partial charge in [-0.05, 0) is 32.1 Å². The Bertz CT molecular complexity index is 402. The average Bonchev–Trinajstić information content (AvgIpc) is 2.87. The summed E-state index contributed by atoms with van der Waals surface area (Å²) < 4.78 is 0. The Balaban J connectivity index is 2.18. The van der Waals surface area contributed by atoms with Crippen LogP contribution in [0.5, 0.6) is 0 Å². The normalized spacial score (nSPS) is 23.2. The average molecular weight is 220 g/mol. The maximum Gasteiger partial charge on any atom is 0.137 e. The van der Waals surface area contributed by atoms with Crippen LogP contribution in [0.15, 0.2) is 0 Å². The van der Waals surface area contributed by atoms with Gasteiger partial charge in [-0.1, -0.05) is 6.92 Å². The minimum atomic E-state index is 0.596. The predicted octanol–water partition coefficient (Wildman–Crippen LogP) is 1.77. The first kappa shape index (κ1) is 11.2. The van der Waals surface area contributed by atoms with Gasteiger partial charge in [-0.3, -0.25) is 0 Å². The van der Waals surface area contributed by atoms with Crippen LogP contribution in [0.3, 0.4) is 0 Å². The Hall–Kier alpha value is -1.32. The lowest BCUT2D eigenvalue weighted by atomic mass is 10.2. The topological polar surface area (TPSA) is 55.0 Å². The highest BCUT2D eigenvalue weighted by molar-refractivity contribution is 5.56. The molecule has 0 amide bonds. The summed E-state index contributed by atoms with van der Waals surface area (Å²) in [6.07, 6.45) is 1.34. The summed E-state index contributed by atoms with van der Waals surface area (Å²) in [6, 6.07) is 0. The fourth-order valence-electron chi connectivity index (χ4n) is 2.10. The monoisotopic (exact) mass is 220 g/mol. The van der Waals surface area contributed by atoms with Crippen molar-refractivity contribution in [2.75, 3.05) is 24.2 Å². The van der Waals surface area contributed by atoms with Crippen LogP contribution in [-0.4, -0.2) is 23.6 Å². The molecular formula is C12H20N4. The molecule has 1 aromatic heterocycles. The molecule has 1 aromatic rings. The molecule has 0 aliphatic heterocycles. The molecule has 0 aromatic carbocycles. The van der Waals surface area contributed by atoms with E-state index in [4.69, 9.17) is 5.73 Å². The van der Waals surface area contributed by atoms with Crippen molar-refractivity contribution in [3.63, 3.8) is 0 Å². The number of hydrogen-bond donors (Lipinski definition) is 1. The van der Waals surface area contributed by atoms with Crippen LogP contribution in [0.1, 0.15) is 24.7 Å². The fraction of sp³-hybridized carbons (Fsp3) is 0.667. The van der Waals surface area contributed by atoms with E-state index in [1.54, 1.807) is 0 Å². The third kappa shape index (κ3) is 2.10. The van der Waals surface area contributed by atoms with Crippen molar-refractivity contribution in [3.8, 4) is 0 Å². The molecule has 2 unspecified atom stereocenters. The SMILES string of the molecule is Cc1nc(N)c(C)c(N(C)CC2CC2C)n1. The van der Waals surface area contributed by atoms with Gasteiger partial charge in [0.05, 0.1) is 0 Å². The molecule has 1 fully saturated rings. The number of rotatable bonds is 3. The lowest BCUT2D eigenvalue weighted by molar-refractivity contribution is 0.715. The summed E-state index contributed by atoms with van der Waals surface area (Å²) in [6.45, 7) is 7.23. The van der Waals surface area contributed by atoms with Gasteiger partial charge in [-0.25, -0.2) is 9.97 Å². The van der Waals surface area contributed by atoms with Gasteiger partial charge in [0, 0.05) is 19.2 Å². The molecular weight excluding hydrogens is 200 g/mol. The van der Waals surface area contributed by atoms with Gasteiger partial charge < -0.3 is 10.6 Å². The number of aryl methyl sites for hydroxylation is 1. The minimum Gasteiger partial charge on any atom is -0.383 e. The summed E-state index contributed by atoms with van der Waals surface area (Å²) in [4.78, 5) is 10.8. The number of nitrogen functional groups attached to an aromatic ring is 1. The number of aromatic nitrogens is 2. The first-order valence-electron chi connectivity index (χ1n) is 5.81. The smallest absolute Gasteiger partial charge is 0.137 e.